The van der Waals surface area contributed by atoms with Gasteiger partial charge in [-0.3, -0.25) is 10.0 Å². The summed E-state index contributed by atoms with van der Waals surface area (Å²) in [5.74, 6) is 0.589. The van der Waals surface area contributed by atoms with Crippen molar-refractivity contribution < 1.29 is 18.3 Å². The van der Waals surface area contributed by atoms with Gasteiger partial charge in [-0.05, 0) is 74.1 Å². The highest BCUT2D eigenvalue weighted by Crippen LogP contribution is 2.35. The lowest BCUT2D eigenvalue weighted by atomic mass is 9.96. The molecular formula is C25H30N4O4S2. The Bertz CT molecular complexity index is 1320. The molecule has 3 aromatic rings. The molecule has 1 aliphatic heterocycles. The van der Waals surface area contributed by atoms with Gasteiger partial charge in [-0.2, -0.15) is 0 Å². The molecule has 0 radical (unpaired) electrons. The average Bonchev–Trinajstić information content (AvgIpc) is 3.20. The van der Waals surface area contributed by atoms with Crippen LogP contribution in [0.1, 0.15) is 37.4 Å². The van der Waals surface area contributed by atoms with Crippen LogP contribution in [0.15, 0.2) is 47.4 Å². The number of benzene rings is 2. The number of likely N-dealkylation sites (tertiary alicyclic amines) is 1. The molecule has 0 aliphatic carbocycles. The van der Waals surface area contributed by atoms with Crippen LogP contribution in [0.5, 0.6) is 5.75 Å². The zero-order valence-electron chi connectivity index (χ0n) is 20.0. The highest BCUT2D eigenvalue weighted by molar-refractivity contribution is 7.92. The summed E-state index contributed by atoms with van der Waals surface area (Å²) in [5, 5.41) is 12.9. The normalized spacial score (nSPS) is 16.2. The van der Waals surface area contributed by atoms with E-state index in [-0.39, 0.29) is 16.7 Å². The van der Waals surface area contributed by atoms with Gasteiger partial charge in [-0.1, -0.05) is 36.8 Å². The van der Waals surface area contributed by atoms with Crippen LogP contribution < -0.4 is 10.0 Å². The lowest BCUT2D eigenvalue weighted by Crippen LogP contribution is -2.42. The summed E-state index contributed by atoms with van der Waals surface area (Å²) in [5.41, 5.74) is 2.39. The lowest BCUT2D eigenvalue weighted by molar-refractivity contribution is 0.176. The van der Waals surface area contributed by atoms with Gasteiger partial charge in [0.1, 0.15) is 5.75 Å². The number of carbonyl (C=O) groups excluding carboxylic acids is 1. The standard InChI is InChI=1S/C25H30N4O4S2/c1-4-18-6-5-13-29(15-18)25(31)27-24-26-17(3)23(34-24)19-8-7-16(2)22(14-19)35(32,33)28-20-9-11-21(30)12-10-20/h7-12,14,18,28,30H,4-6,13,15H2,1-3H3,(H,26,27,31). The number of nitrogens with zero attached hydrogens (tertiary/aromatic N) is 2. The number of urea groups is 1. The van der Waals surface area contributed by atoms with Gasteiger partial charge >= 0.3 is 6.03 Å². The molecule has 186 valence electrons. The second-order valence-corrected chi connectivity index (χ2v) is 11.5. The van der Waals surface area contributed by atoms with Gasteiger partial charge in [0.2, 0.25) is 0 Å². The number of aromatic nitrogens is 1. The van der Waals surface area contributed by atoms with Gasteiger partial charge in [-0.15, -0.1) is 0 Å². The van der Waals surface area contributed by atoms with Crippen molar-refractivity contribution in [2.45, 2.75) is 44.9 Å². The van der Waals surface area contributed by atoms with Crippen molar-refractivity contribution in [3.05, 3.63) is 53.7 Å². The number of anilines is 2. The summed E-state index contributed by atoms with van der Waals surface area (Å²) in [4.78, 5) is 20.1. The number of amides is 2. The van der Waals surface area contributed by atoms with Crippen LogP contribution in [-0.2, 0) is 10.0 Å². The number of thiazole rings is 1. The lowest BCUT2D eigenvalue weighted by Gasteiger charge is -2.31. The van der Waals surface area contributed by atoms with Crippen LogP contribution in [0.4, 0.5) is 15.6 Å². The van der Waals surface area contributed by atoms with Crippen LogP contribution in [0, 0.1) is 19.8 Å². The van der Waals surface area contributed by atoms with E-state index in [9.17, 15) is 18.3 Å². The number of piperidine rings is 1. The predicted molar refractivity (Wildman–Crippen MR) is 140 cm³/mol. The molecule has 3 N–H and O–H groups in total. The topological polar surface area (TPSA) is 112 Å². The molecule has 4 rings (SSSR count). The van der Waals surface area contributed by atoms with Crippen molar-refractivity contribution in [2.75, 3.05) is 23.1 Å². The second kappa shape index (κ2) is 10.2. The summed E-state index contributed by atoms with van der Waals surface area (Å²) in [6, 6.07) is 10.9. The van der Waals surface area contributed by atoms with Gasteiger partial charge in [0.25, 0.3) is 10.0 Å². The minimum Gasteiger partial charge on any atom is -0.508 e. The number of hydrogen-bond donors (Lipinski definition) is 3. The van der Waals surface area contributed by atoms with Crippen LogP contribution >= 0.6 is 11.3 Å². The third-order valence-corrected chi connectivity index (χ3v) is 8.90. The molecule has 0 bridgehead atoms. The van der Waals surface area contributed by atoms with E-state index in [4.69, 9.17) is 0 Å². The number of rotatable bonds is 6. The minimum absolute atomic E-state index is 0.0557. The van der Waals surface area contributed by atoms with Crippen molar-refractivity contribution >= 4 is 38.2 Å². The molecule has 0 saturated carbocycles. The molecule has 1 fully saturated rings. The first kappa shape index (κ1) is 25.0. The number of aromatic hydroxyl groups is 1. The Morgan fingerprint density at radius 2 is 1.94 bits per heavy atom. The van der Waals surface area contributed by atoms with E-state index in [1.165, 1.54) is 35.6 Å². The quantitative estimate of drug-likeness (QED) is 0.372. The van der Waals surface area contributed by atoms with E-state index in [2.05, 4.69) is 21.9 Å². The number of sulfonamides is 1. The highest BCUT2D eigenvalue weighted by atomic mass is 32.2. The van der Waals surface area contributed by atoms with Crippen LogP contribution in [0.2, 0.25) is 0 Å². The van der Waals surface area contributed by atoms with Gasteiger partial charge in [-0.25, -0.2) is 18.2 Å². The van der Waals surface area contributed by atoms with E-state index in [1.807, 2.05) is 17.9 Å². The van der Waals surface area contributed by atoms with Crippen LogP contribution in [0.25, 0.3) is 10.4 Å². The molecule has 0 spiro atoms. The van der Waals surface area contributed by atoms with E-state index in [1.54, 1.807) is 19.1 Å². The molecule has 2 aromatic carbocycles. The monoisotopic (exact) mass is 514 g/mol. The van der Waals surface area contributed by atoms with Crippen LogP contribution in [0.3, 0.4) is 0 Å². The maximum absolute atomic E-state index is 13.1. The van der Waals surface area contributed by atoms with Gasteiger partial charge in [0.15, 0.2) is 5.13 Å². The number of phenolic OH excluding ortho intramolecular Hbond substituents is 1. The van der Waals surface area contributed by atoms with Crippen molar-refractivity contribution in [3.63, 3.8) is 0 Å². The highest BCUT2D eigenvalue weighted by Gasteiger charge is 2.24. The van der Waals surface area contributed by atoms with E-state index in [0.717, 1.165) is 37.2 Å². The SMILES string of the molecule is CCC1CCCN(C(=O)Nc2nc(C)c(-c3ccc(C)c(S(=O)(=O)Nc4ccc(O)cc4)c3)s2)C1. The summed E-state index contributed by atoms with van der Waals surface area (Å²) in [7, 11) is -3.86. The molecule has 2 amide bonds. The van der Waals surface area contributed by atoms with Crippen molar-refractivity contribution in [2.24, 2.45) is 5.92 Å². The Hall–Kier alpha value is -3.11. The number of aryl methyl sites for hydroxylation is 2. The third-order valence-electron chi connectivity index (χ3n) is 6.25. The Kier molecular flexibility index (Phi) is 7.32. The maximum Gasteiger partial charge on any atom is 0.323 e. The van der Waals surface area contributed by atoms with Gasteiger partial charge in [0, 0.05) is 18.8 Å². The van der Waals surface area contributed by atoms with Gasteiger partial charge in [0.05, 0.1) is 15.5 Å². The zero-order chi connectivity index (χ0) is 25.2. The Labute approximate surface area is 210 Å². The van der Waals surface area contributed by atoms with Crippen molar-refractivity contribution in [3.8, 4) is 16.2 Å². The Morgan fingerprint density at radius 1 is 1.20 bits per heavy atom. The molecule has 10 heteroatoms. The first-order valence-electron chi connectivity index (χ1n) is 11.6. The Balaban J connectivity index is 1.55. The largest absolute Gasteiger partial charge is 0.508 e. The first-order chi connectivity index (χ1) is 16.7. The smallest absolute Gasteiger partial charge is 0.323 e. The number of carbonyl (C=O) groups is 1. The number of phenols is 1. The molecule has 1 aromatic heterocycles. The third kappa shape index (κ3) is 5.76. The van der Waals surface area contributed by atoms with E-state index >= 15 is 0 Å². The van der Waals surface area contributed by atoms with E-state index in [0.29, 0.717) is 33.6 Å². The molecule has 1 atom stereocenters. The maximum atomic E-state index is 13.1. The zero-order valence-corrected chi connectivity index (χ0v) is 21.7. The second-order valence-electron chi connectivity index (χ2n) is 8.86. The van der Waals surface area contributed by atoms with Crippen LogP contribution in [-0.4, -0.2) is 42.5 Å². The molecule has 8 nitrogen and oxygen atoms in total. The molecule has 2 heterocycles. The summed E-state index contributed by atoms with van der Waals surface area (Å²) in [6.45, 7) is 7.24. The summed E-state index contributed by atoms with van der Waals surface area (Å²) >= 11 is 1.33. The molecule has 1 saturated heterocycles. The number of nitrogens with one attached hydrogen (secondary N) is 2. The average molecular weight is 515 g/mol. The predicted octanol–water partition coefficient (Wildman–Crippen LogP) is 5.59. The van der Waals surface area contributed by atoms with Crippen molar-refractivity contribution in [1.29, 1.82) is 0 Å². The molecule has 1 aliphatic rings. The Morgan fingerprint density at radius 3 is 2.66 bits per heavy atom. The first-order valence-corrected chi connectivity index (χ1v) is 13.9. The fraction of sp³-hybridized carbons (Fsp3) is 0.360. The van der Waals surface area contributed by atoms with Crippen molar-refractivity contribution in [1.82, 2.24) is 9.88 Å². The number of hydrogen-bond acceptors (Lipinski definition) is 6. The summed E-state index contributed by atoms with van der Waals surface area (Å²) < 4.78 is 28.8. The molecule has 1 unspecified atom stereocenters. The van der Waals surface area contributed by atoms with E-state index < -0.39 is 10.0 Å². The fourth-order valence-corrected chi connectivity index (χ4v) is 6.52. The minimum atomic E-state index is -3.86. The summed E-state index contributed by atoms with van der Waals surface area (Å²) in [6.07, 6.45) is 3.22. The molecular weight excluding hydrogens is 484 g/mol. The molecule has 35 heavy (non-hydrogen) atoms. The van der Waals surface area contributed by atoms with Gasteiger partial charge < -0.3 is 10.0 Å². The fourth-order valence-electron chi connectivity index (χ4n) is 4.24.